The van der Waals surface area contributed by atoms with Crippen molar-refractivity contribution >= 4 is 35.4 Å². The average Bonchev–Trinajstić information content (AvgIpc) is 2.72. The highest BCUT2D eigenvalue weighted by molar-refractivity contribution is 6.30. The zero-order valence-corrected chi connectivity index (χ0v) is 18.9. The third kappa shape index (κ3) is 6.61. The third-order valence-electron chi connectivity index (χ3n) is 4.49. The SMILES string of the molecule is CC(C)(C)OC(=O)Nc1ncc(N2CCN(C(=O)O)CC2)nc1OCc1cccc(Cl)c1. The summed E-state index contributed by atoms with van der Waals surface area (Å²) in [4.78, 5) is 35.5. The van der Waals surface area contributed by atoms with Crippen LogP contribution in [0.5, 0.6) is 5.88 Å². The predicted molar refractivity (Wildman–Crippen MR) is 119 cm³/mol. The number of hydrogen-bond donors (Lipinski definition) is 2. The molecule has 0 radical (unpaired) electrons. The van der Waals surface area contributed by atoms with Crippen molar-refractivity contribution in [3.05, 3.63) is 41.0 Å². The molecule has 2 aromatic rings. The van der Waals surface area contributed by atoms with Gasteiger partial charge in [-0.05, 0) is 38.5 Å². The van der Waals surface area contributed by atoms with E-state index >= 15 is 0 Å². The van der Waals surface area contributed by atoms with Gasteiger partial charge in [0.05, 0.1) is 6.20 Å². The van der Waals surface area contributed by atoms with E-state index in [1.807, 2.05) is 17.0 Å². The summed E-state index contributed by atoms with van der Waals surface area (Å²) >= 11 is 6.04. The van der Waals surface area contributed by atoms with Crippen LogP contribution >= 0.6 is 11.6 Å². The highest BCUT2D eigenvalue weighted by Crippen LogP contribution is 2.26. The minimum absolute atomic E-state index is 0.119. The molecule has 2 amide bonds. The van der Waals surface area contributed by atoms with E-state index in [1.165, 1.54) is 11.1 Å². The Morgan fingerprint density at radius 3 is 2.56 bits per heavy atom. The maximum Gasteiger partial charge on any atom is 0.413 e. The Hall–Kier alpha value is -3.27. The van der Waals surface area contributed by atoms with E-state index in [1.54, 1.807) is 32.9 Å². The fourth-order valence-electron chi connectivity index (χ4n) is 3.01. The first-order valence-corrected chi connectivity index (χ1v) is 10.5. The maximum atomic E-state index is 12.2. The summed E-state index contributed by atoms with van der Waals surface area (Å²) in [6.45, 7) is 7.08. The van der Waals surface area contributed by atoms with Crippen LogP contribution in [0.4, 0.5) is 21.2 Å². The van der Waals surface area contributed by atoms with E-state index in [2.05, 4.69) is 15.3 Å². The molecule has 10 nitrogen and oxygen atoms in total. The number of benzene rings is 1. The van der Waals surface area contributed by atoms with Crippen molar-refractivity contribution in [1.29, 1.82) is 0 Å². The molecule has 0 aliphatic carbocycles. The number of nitrogens with one attached hydrogen (secondary N) is 1. The number of carbonyl (C=O) groups excluding carboxylic acids is 1. The molecule has 11 heteroatoms. The molecular weight excluding hydrogens is 438 g/mol. The lowest BCUT2D eigenvalue weighted by Gasteiger charge is -2.33. The van der Waals surface area contributed by atoms with E-state index in [4.69, 9.17) is 26.2 Å². The molecule has 0 bridgehead atoms. The molecule has 0 spiro atoms. The fraction of sp³-hybridized carbons (Fsp3) is 0.429. The van der Waals surface area contributed by atoms with Crippen LogP contribution in [0, 0.1) is 0 Å². The molecule has 1 saturated heterocycles. The van der Waals surface area contributed by atoms with Crippen LogP contribution in [-0.4, -0.2) is 63.9 Å². The Labute approximate surface area is 191 Å². The van der Waals surface area contributed by atoms with Gasteiger partial charge in [0.2, 0.25) is 0 Å². The topological polar surface area (TPSA) is 117 Å². The van der Waals surface area contributed by atoms with Crippen LogP contribution < -0.4 is 15.0 Å². The lowest BCUT2D eigenvalue weighted by atomic mass is 10.2. The van der Waals surface area contributed by atoms with Gasteiger partial charge in [-0.2, -0.15) is 4.98 Å². The van der Waals surface area contributed by atoms with E-state index in [0.717, 1.165) is 5.56 Å². The van der Waals surface area contributed by atoms with Crippen molar-refractivity contribution in [2.75, 3.05) is 36.4 Å². The number of rotatable bonds is 5. The molecule has 2 heterocycles. The van der Waals surface area contributed by atoms with Gasteiger partial charge in [-0.25, -0.2) is 14.6 Å². The number of carboxylic acid groups (broad SMARTS) is 1. The number of hydrogen-bond acceptors (Lipinski definition) is 7. The molecule has 1 aliphatic heterocycles. The second-order valence-electron chi connectivity index (χ2n) is 8.18. The van der Waals surface area contributed by atoms with Gasteiger partial charge in [0.25, 0.3) is 5.88 Å². The molecular formula is C21H26ClN5O5. The first kappa shape index (κ1) is 23.4. The van der Waals surface area contributed by atoms with Crippen molar-refractivity contribution < 1.29 is 24.2 Å². The van der Waals surface area contributed by atoms with Crippen LogP contribution in [0.15, 0.2) is 30.5 Å². The van der Waals surface area contributed by atoms with Crippen LogP contribution in [0.2, 0.25) is 5.02 Å². The highest BCUT2D eigenvalue weighted by Gasteiger charge is 2.24. The van der Waals surface area contributed by atoms with Gasteiger partial charge in [0.15, 0.2) is 11.6 Å². The van der Waals surface area contributed by atoms with Crippen LogP contribution in [0.1, 0.15) is 26.3 Å². The van der Waals surface area contributed by atoms with Gasteiger partial charge < -0.3 is 24.4 Å². The molecule has 32 heavy (non-hydrogen) atoms. The Kier molecular flexibility index (Phi) is 7.24. The summed E-state index contributed by atoms with van der Waals surface area (Å²) in [5.74, 6) is 0.758. The number of piperazine rings is 1. The quantitative estimate of drug-likeness (QED) is 0.686. The zero-order chi connectivity index (χ0) is 23.3. The molecule has 3 rings (SSSR count). The van der Waals surface area contributed by atoms with Gasteiger partial charge >= 0.3 is 12.2 Å². The number of halogens is 1. The molecule has 172 valence electrons. The van der Waals surface area contributed by atoms with Crippen molar-refractivity contribution in [2.45, 2.75) is 33.0 Å². The Bertz CT molecular complexity index is 973. The molecule has 2 N–H and O–H groups in total. The van der Waals surface area contributed by atoms with Crippen molar-refractivity contribution in [2.24, 2.45) is 0 Å². The number of amides is 2. The molecule has 1 aromatic heterocycles. The molecule has 0 unspecified atom stereocenters. The maximum absolute atomic E-state index is 12.2. The van der Waals surface area contributed by atoms with Crippen LogP contribution in [0.3, 0.4) is 0 Å². The second kappa shape index (κ2) is 9.90. The normalized spacial score (nSPS) is 14.1. The second-order valence-corrected chi connectivity index (χ2v) is 8.62. The Morgan fingerprint density at radius 1 is 1.22 bits per heavy atom. The van der Waals surface area contributed by atoms with Gasteiger partial charge in [0.1, 0.15) is 12.2 Å². The van der Waals surface area contributed by atoms with Crippen molar-refractivity contribution in [1.82, 2.24) is 14.9 Å². The van der Waals surface area contributed by atoms with Crippen LogP contribution in [-0.2, 0) is 11.3 Å². The van der Waals surface area contributed by atoms with Gasteiger partial charge in [0, 0.05) is 31.2 Å². The molecule has 0 atom stereocenters. The summed E-state index contributed by atoms with van der Waals surface area (Å²) in [5, 5.41) is 12.3. The number of nitrogens with zero attached hydrogens (tertiary/aromatic N) is 4. The molecule has 0 saturated carbocycles. The lowest BCUT2D eigenvalue weighted by Crippen LogP contribution is -2.48. The summed E-state index contributed by atoms with van der Waals surface area (Å²) in [5.41, 5.74) is 0.145. The number of anilines is 2. The van der Waals surface area contributed by atoms with E-state index in [-0.39, 0.29) is 18.3 Å². The van der Waals surface area contributed by atoms with Gasteiger partial charge in [-0.1, -0.05) is 23.7 Å². The lowest BCUT2D eigenvalue weighted by molar-refractivity contribution is 0.0634. The monoisotopic (exact) mass is 463 g/mol. The number of carbonyl (C=O) groups is 2. The Balaban J connectivity index is 1.79. The first-order chi connectivity index (χ1) is 15.1. The minimum Gasteiger partial charge on any atom is -0.470 e. The predicted octanol–water partition coefficient (Wildman–Crippen LogP) is 3.86. The van der Waals surface area contributed by atoms with Gasteiger partial charge in [-0.3, -0.25) is 5.32 Å². The highest BCUT2D eigenvalue weighted by atomic mass is 35.5. The van der Waals surface area contributed by atoms with E-state index < -0.39 is 17.8 Å². The Morgan fingerprint density at radius 2 is 1.94 bits per heavy atom. The zero-order valence-electron chi connectivity index (χ0n) is 18.2. The average molecular weight is 464 g/mol. The number of aromatic nitrogens is 2. The van der Waals surface area contributed by atoms with Crippen molar-refractivity contribution in [3.63, 3.8) is 0 Å². The fourth-order valence-corrected chi connectivity index (χ4v) is 3.22. The minimum atomic E-state index is -0.946. The number of ether oxygens (including phenoxy) is 2. The van der Waals surface area contributed by atoms with E-state index in [9.17, 15) is 9.59 Å². The van der Waals surface area contributed by atoms with Gasteiger partial charge in [-0.15, -0.1) is 0 Å². The summed E-state index contributed by atoms with van der Waals surface area (Å²) in [6.07, 6.45) is -0.115. The molecule has 1 aromatic carbocycles. The summed E-state index contributed by atoms with van der Waals surface area (Å²) in [7, 11) is 0. The summed E-state index contributed by atoms with van der Waals surface area (Å²) in [6, 6.07) is 7.20. The largest absolute Gasteiger partial charge is 0.470 e. The summed E-state index contributed by atoms with van der Waals surface area (Å²) < 4.78 is 11.2. The standard InChI is InChI=1S/C21H26ClN5O5/c1-21(2,3)32-19(28)25-17-18(31-13-14-5-4-6-15(22)11-14)24-16(12-23-17)26-7-9-27(10-8-26)20(29)30/h4-6,11-12H,7-10,13H2,1-3H3,(H,29,30)(H,23,25,28). The first-order valence-electron chi connectivity index (χ1n) is 10.1. The smallest absolute Gasteiger partial charge is 0.413 e. The van der Waals surface area contributed by atoms with Crippen molar-refractivity contribution in [3.8, 4) is 5.88 Å². The third-order valence-corrected chi connectivity index (χ3v) is 4.72. The van der Waals surface area contributed by atoms with Crippen LogP contribution in [0.25, 0.3) is 0 Å². The molecule has 1 fully saturated rings. The molecule has 1 aliphatic rings. The van der Waals surface area contributed by atoms with E-state index in [0.29, 0.717) is 37.0 Å².